The van der Waals surface area contributed by atoms with Crippen molar-refractivity contribution in [2.24, 2.45) is 11.8 Å². The van der Waals surface area contributed by atoms with Gasteiger partial charge in [-0.1, -0.05) is 0 Å². The third kappa shape index (κ3) is 7.53. The van der Waals surface area contributed by atoms with E-state index in [-0.39, 0.29) is 0 Å². The van der Waals surface area contributed by atoms with Crippen LogP contribution in [0.4, 0.5) is 0 Å². The zero-order valence-electron chi connectivity index (χ0n) is 26.8. The highest BCUT2D eigenvalue weighted by atomic mass is 15.4. The summed E-state index contributed by atoms with van der Waals surface area (Å²) in [6, 6.07) is 4.53. The third-order valence-electron chi connectivity index (χ3n) is 10.7. The first-order chi connectivity index (χ1) is 18.0. The summed E-state index contributed by atoms with van der Waals surface area (Å²) < 4.78 is 0. The van der Waals surface area contributed by atoms with E-state index in [1.54, 1.807) is 0 Å². The van der Waals surface area contributed by atoms with Crippen molar-refractivity contribution < 1.29 is 0 Å². The van der Waals surface area contributed by atoms with Gasteiger partial charge in [-0.05, 0) is 113 Å². The van der Waals surface area contributed by atoms with E-state index in [2.05, 4.69) is 91.7 Å². The Hall–Kier alpha value is -0.240. The molecule has 4 aliphatic rings. The fourth-order valence-electron chi connectivity index (χ4n) is 8.10. The van der Waals surface area contributed by atoms with Gasteiger partial charge in [0.1, 0.15) is 0 Å². The largest absolute Gasteiger partial charge is 0.301 e. The molecule has 0 aromatic heterocycles. The number of likely N-dealkylation sites (tertiary alicyclic amines) is 2. The number of nitrogens with zero attached hydrogens (tertiary/aromatic N) is 6. The molecule has 38 heavy (non-hydrogen) atoms. The smallest absolute Gasteiger partial charge is 0.0394 e. The van der Waals surface area contributed by atoms with E-state index in [1.807, 2.05) is 0 Å². The Kier molecular flexibility index (Phi) is 11.0. The van der Waals surface area contributed by atoms with Crippen molar-refractivity contribution in [1.82, 2.24) is 29.4 Å². The topological polar surface area (TPSA) is 19.4 Å². The molecule has 0 aromatic rings. The van der Waals surface area contributed by atoms with E-state index in [1.165, 1.54) is 91.3 Å². The Bertz CT molecular complexity index is 702. The SMILES string of the molecule is CC(C)N1CCC(CN2C(C3CN(C[C@@H]4CCN(C(C)C)C4)CCN3C(C)C)CN(C(C)C)C[C@H]2C)CC1. The molecule has 6 nitrogen and oxygen atoms in total. The summed E-state index contributed by atoms with van der Waals surface area (Å²) in [5, 5.41) is 0. The van der Waals surface area contributed by atoms with Gasteiger partial charge >= 0.3 is 0 Å². The molecule has 0 amide bonds. The molecule has 4 aliphatic heterocycles. The van der Waals surface area contributed by atoms with Gasteiger partial charge in [0.05, 0.1) is 0 Å². The van der Waals surface area contributed by atoms with Crippen LogP contribution in [0.15, 0.2) is 0 Å². The monoisotopic (exact) mass is 533 g/mol. The fraction of sp³-hybridized carbons (Fsp3) is 1.00. The lowest BCUT2D eigenvalue weighted by Gasteiger charge is -2.56. The van der Waals surface area contributed by atoms with E-state index >= 15 is 0 Å². The van der Waals surface area contributed by atoms with Gasteiger partial charge in [-0.2, -0.15) is 0 Å². The van der Waals surface area contributed by atoms with Crippen LogP contribution >= 0.6 is 0 Å². The van der Waals surface area contributed by atoms with Crippen molar-refractivity contribution in [2.45, 2.75) is 124 Å². The van der Waals surface area contributed by atoms with Gasteiger partial charge in [0.15, 0.2) is 0 Å². The van der Waals surface area contributed by atoms with Gasteiger partial charge in [0.25, 0.3) is 0 Å². The van der Waals surface area contributed by atoms with Gasteiger partial charge in [0, 0.05) is 94.7 Å². The minimum absolute atomic E-state index is 0.617. The second-order valence-electron chi connectivity index (χ2n) is 14.6. The van der Waals surface area contributed by atoms with Crippen molar-refractivity contribution in [3.63, 3.8) is 0 Å². The highest BCUT2D eigenvalue weighted by Gasteiger charge is 2.43. The fourth-order valence-corrected chi connectivity index (χ4v) is 8.10. The number of rotatable bonds is 9. The maximum absolute atomic E-state index is 3.01. The lowest BCUT2D eigenvalue weighted by atomic mass is 9.90. The predicted octanol–water partition coefficient (Wildman–Crippen LogP) is 4.01. The minimum Gasteiger partial charge on any atom is -0.301 e. The molecule has 4 heterocycles. The van der Waals surface area contributed by atoms with Crippen LogP contribution in [0.25, 0.3) is 0 Å². The highest BCUT2D eigenvalue weighted by Crippen LogP contribution is 2.30. The zero-order valence-corrected chi connectivity index (χ0v) is 26.8. The average molecular weight is 533 g/mol. The summed E-state index contributed by atoms with van der Waals surface area (Å²) in [6.07, 6.45) is 4.14. The molecule has 222 valence electrons. The van der Waals surface area contributed by atoms with Crippen molar-refractivity contribution in [3.8, 4) is 0 Å². The second-order valence-corrected chi connectivity index (χ2v) is 14.6. The zero-order chi connectivity index (χ0) is 27.6. The van der Waals surface area contributed by atoms with Crippen LogP contribution in [0.3, 0.4) is 0 Å². The Morgan fingerprint density at radius 3 is 1.71 bits per heavy atom. The molecular weight excluding hydrogens is 468 g/mol. The molecule has 0 aliphatic carbocycles. The molecule has 0 spiro atoms. The van der Waals surface area contributed by atoms with Crippen LogP contribution in [0.5, 0.6) is 0 Å². The predicted molar refractivity (Wildman–Crippen MR) is 163 cm³/mol. The Labute approximate surface area is 237 Å². The van der Waals surface area contributed by atoms with Crippen molar-refractivity contribution in [2.75, 3.05) is 72.0 Å². The summed E-state index contributed by atoms with van der Waals surface area (Å²) in [7, 11) is 0. The lowest BCUT2D eigenvalue weighted by Crippen LogP contribution is -2.70. The number of piperazine rings is 2. The van der Waals surface area contributed by atoms with Crippen LogP contribution in [-0.2, 0) is 0 Å². The minimum atomic E-state index is 0.617. The lowest BCUT2D eigenvalue weighted by molar-refractivity contribution is -0.0668. The number of hydrogen-bond donors (Lipinski definition) is 0. The summed E-state index contributed by atoms with van der Waals surface area (Å²) >= 11 is 0. The van der Waals surface area contributed by atoms with Crippen LogP contribution < -0.4 is 0 Å². The maximum Gasteiger partial charge on any atom is 0.0394 e. The van der Waals surface area contributed by atoms with Crippen LogP contribution in [0.2, 0.25) is 0 Å². The molecule has 4 fully saturated rings. The van der Waals surface area contributed by atoms with Crippen molar-refractivity contribution >= 4 is 0 Å². The molecule has 2 unspecified atom stereocenters. The van der Waals surface area contributed by atoms with E-state index in [4.69, 9.17) is 0 Å². The summed E-state index contributed by atoms with van der Waals surface area (Å²) in [5.41, 5.74) is 0. The first-order valence-corrected chi connectivity index (χ1v) is 16.5. The van der Waals surface area contributed by atoms with Crippen molar-refractivity contribution in [1.29, 1.82) is 0 Å². The van der Waals surface area contributed by atoms with E-state index < -0.39 is 0 Å². The maximum atomic E-state index is 3.01. The standard InChI is InChI=1S/C32H64N6/c1-24(2)34-13-10-29(11-14-34)21-38-28(9)18-36(26(5)6)23-32(38)31-22-33(16-17-37(31)27(7)8)19-30-12-15-35(20-30)25(3)4/h24-32H,10-23H2,1-9H3/t28-,30+,31?,32?/m1/s1. The normalized spacial score (nSPS) is 33.1. The second kappa shape index (κ2) is 13.6. The van der Waals surface area contributed by atoms with Gasteiger partial charge in [-0.15, -0.1) is 0 Å². The van der Waals surface area contributed by atoms with Crippen LogP contribution in [0, 0.1) is 11.8 Å². The van der Waals surface area contributed by atoms with E-state index in [0.29, 0.717) is 42.3 Å². The molecule has 0 saturated carbocycles. The molecule has 0 aromatic carbocycles. The Balaban J connectivity index is 1.48. The van der Waals surface area contributed by atoms with Gasteiger partial charge in [-0.3, -0.25) is 14.7 Å². The Morgan fingerprint density at radius 1 is 0.526 bits per heavy atom. The number of hydrogen-bond acceptors (Lipinski definition) is 6. The van der Waals surface area contributed by atoms with Crippen LogP contribution in [-0.4, -0.2) is 144 Å². The van der Waals surface area contributed by atoms with Gasteiger partial charge in [-0.25, -0.2) is 0 Å². The first-order valence-electron chi connectivity index (χ1n) is 16.5. The number of piperidine rings is 1. The van der Waals surface area contributed by atoms with Crippen LogP contribution in [0.1, 0.15) is 81.6 Å². The molecular formula is C32H64N6. The molecule has 4 rings (SSSR count). The summed E-state index contributed by atoms with van der Waals surface area (Å²) in [5.74, 6) is 1.71. The van der Waals surface area contributed by atoms with Gasteiger partial charge in [0.2, 0.25) is 0 Å². The molecule has 0 radical (unpaired) electrons. The first kappa shape index (κ1) is 30.7. The molecule has 4 saturated heterocycles. The Morgan fingerprint density at radius 2 is 1.13 bits per heavy atom. The highest BCUT2D eigenvalue weighted by molar-refractivity contribution is 5.01. The quantitative estimate of drug-likeness (QED) is 0.444. The summed E-state index contributed by atoms with van der Waals surface area (Å²) in [4.78, 5) is 17.0. The van der Waals surface area contributed by atoms with E-state index in [9.17, 15) is 0 Å². The molecule has 4 atom stereocenters. The third-order valence-corrected chi connectivity index (χ3v) is 10.7. The molecule has 6 heteroatoms. The summed E-state index contributed by atoms with van der Waals surface area (Å²) in [6.45, 7) is 35.7. The van der Waals surface area contributed by atoms with Gasteiger partial charge < -0.3 is 14.7 Å². The van der Waals surface area contributed by atoms with E-state index in [0.717, 1.165) is 11.8 Å². The average Bonchev–Trinajstić information content (AvgIpc) is 3.34. The van der Waals surface area contributed by atoms with Crippen molar-refractivity contribution in [3.05, 3.63) is 0 Å². The molecule has 0 bridgehead atoms. The molecule has 0 N–H and O–H groups in total.